The number of carbonyl (C=O) groups excluding carboxylic acids is 1. The number of imidazole rings is 1. The number of hydrogen-bond acceptors (Lipinski definition) is 5. The van der Waals surface area contributed by atoms with E-state index >= 15 is 0 Å². The molecule has 2 N–H and O–H groups in total. The highest BCUT2D eigenvalue weighted by molar-refractivity contribution is 6.06. The normalized spacial score (nSPS) is 21.4. The second-order valence-corrected chi connectivity index (χ2v) is 8.34. The number of rotatable bonds is 5. The minimum atomic E-state index is -0.102. The minimum Gasteiger partial charge on any atom is -0.468 e. The molecule has 1 atom stereocenters. The molecule has 1 aliphatic heterocycles. The first-order valence-corrected chi connectivity index (χ1v) is 10.6. The van der Waals surface area contributed by atoms with Gasteiger partial charge in [0.2, 0.25) is 0 Å². The van der Waals surface area contributed by atoms with E-state index in [0.717, 1.165) is 30.5 Å². The van der Waals surface area contributed by atoms with Crippen LogP contribution in [0.1, 0.15) is 29.0 Å². The predicted molar refractivity (Wildman–Crippen MR) is 124 cm³/mol. The number of H-pyrrole nitrogens is 1. The van der Waals surface area contributed by atoms with Gasteiger partial charge in [0.05, 0.1) is 18.1 Å². The number of aromatic amines is 1. The number of nitrogens with one attached hydrogen (secondary N) is 2. The molecule has 0 saturated carbocycles. The third kappa shape index (κ3) is 3.77. The quantitative estimate of drug-likeness (QED) is 0.604. The summed E-state index contributed by atoms with van der Waals surface area (Å²) >= 11 is 0. The summed E-state index contributed by atoms with van der Waals surface area (Å²) in [7, 11) is 1.56. The fourth-order valence-corrected chi connectivity index (χ4v) is 4.32. The van der Waals surface area contributed by atoms with Crippen LogP contribution in [0.25, 0.3) is 22.6 Å². The van der Waals surface area contributed by atoms with Crippen molar-refractivity contribution in [2.75, 3.05) is 25.5 Å². The van der Waals surface area contributed by atoms with E-state index in [2.05, 4.69) is 33.2 Å². The zero-order chi connectivity index (χ0) is 21.4. The summed E-state index contributed by atoms with van der Waals surface area (Å²) in [4.78, 5) is 23.1. The lowest BCUT2D eigenvalue weighted by atomic mass is 9.88. The topological polar surface area (TPSA) is 83.4 Å². The van der Waals surface area contributed by atoms with Crippen molar-refractivity contribution in [3.8, 4) is 17.5 Å². The molecular weight excluding hydrogens is 392 g/mol. The first-order chi connectivity index (χ1) is 15.0. The van der Waals surface area contributed by atoms with Crippen LogP contribution in [0.5, 0.6) is 5.95 Å². The first kappa shape index (κ1) is 19.6. The summed E-state index contributed by atoms with van der Waals surface area (Å²) in [6.45, 7) is 4.51. The van der Waals surface area contributed by atoms with Gasteiger partial charge >= 0.3 is 0 Å². The number of fused-ring (bicyclic) bond motifs is 1. The number of amides is 1. The molecule has 0 bridgehead atoms. The summed E-state index contributed by atoms with van der Waals surface area (Å²) in [5.74, 6) is 1.53. The number of furan rings is 1. The van der Waals surface area contributed by atoms with Crippen LogP contribution in [-0.4, -0.2) is 46.5 Å². The van der Waals surface area contributed by atoms with E-state index < -0.39 is 0 Å². The van der Waals surface area contributed by atoms with Gasteiger partial charge in [-0.1, -0.05) is 18.2 Å². The van der Waals surface area contributed by atoms with Gasteiger partial charge in [0.1, 0.15) is 0 Å². The van der Waals surface area contributed by atoms with Gasteiger partial charge in [-0.05, 0) is 63.5 Å². The Hall–Kier alpha value is -3.32. The van der Waals surface area contributed by atoms with Gasteiger partial charge in [-0.15, -0.1) is 0 Å². The monoisotopic (exact) mass is 422 g/mol. The predicted octanol–water partition coefficient (Wildman–Crippen LogP) is 5.00. The Kier molecular flexibility index (Phi) is 4.90. The highest BCUT2D eigenvalue weighted by Crippen LogP contribution is 2.31. The summed E-state index contributed by atoms with van der Waals surface area (Å²) in [6, 6.07) is 9.16. The van der Waals surface area contributed by atoms with Gasteiger partial charge in [0, 0.05) is 25.7 Å². The Morgan fingerprint density at radius 3 is 2.84 bits per heavy atom. The van der Waals surface area contributed by atoms with Crippen molar-refractivity contribution >= 4 is 22.6 Å². The second kappa shape index (κ2) is 7.74. The summed E-state index contributed by atoms with van der Waals surface area (Å²) in [6.07, 6.45) is 9.54. The van der Waals surface area contributed by atoms with Crippen LogP contribution in [-0.2, 0) is 4.79 Å². The number of benzene rings is 1. The molecule has 1 aliphatic carbocycles. The van der Waals surface area contributed by atoms with Crippen molar-refractivity contribution in [3.05, 3.63) is 54.1 Å². The molecule has 3 heterocycles. The molecular formula is C24H30N4O3. The summed E-state index contributed by atoms with van der Waals surface area (Å²) < 4.78 is 10.7. The van der Waals surface area contributed by atoms with Crippen molar-refractivity contribution in [2.24, 2.45) is 0 Å². The molecule has 2 aromatic heterocycles. The standard InChI is InChI=1S/C24H26N4O3.2H2/c1-24(28-13-3-4-14-28)11-9-16(10-12-24)23(29)25-17-5-6-18-19(15-17)27-22(26-18)20-7-8-21(30-2)31-20;;/h5-11,15H,3-4,12-14H2,1-2H3,(H,25,29)(H,26,27);2*1H. The van der Waals surface area contributed by atoms with Crippen molar-refractivity contribution in [1.82, 2.24) is 14.9 Å². The maximum absolute atomic E-state index is 12.8. The average Bonchev–Trinajstić information content (AvgIpc) is 3.54. The van der Waals surface area contributed by atoms with Gasteiger partial charge in [-0.3, -0.25) is 9.69 Å². The lowest BCUT2D eigenvalue weighted by molar-refractivity contribution is -0.112. The van der Waals surface area contributed by atoms with Crippen LogP contribution in [0, 0.1) is 0 Å². The maximum Gasteiger partial charge on any atom is 0.284 e. The molecule has 1 fully saturated rings. The molecule has 0 radical (unpaired) electrons. The SMILES string of the molecule is COc1ccc(-c2nc3ccc(NC(=O)C4=CCC(C)(N5CCCC5)C=C4)cc3[nH]2)o1.[HH].[HH]. The molecule has 7 heteroatoms. The van der Waals surface area contributed by atoms with Crippen LogP contribution in [0.2, 0.25) is 0 Å². The Bertz CT molecular complexity index is 1190. The van der Waals surface area contributed by atoms with Crippen LogP contribution >= 0.6 is 0 Å². The number of carbonyl (C=O) groups is 1. The molecule has 0 spiro atoms. The third-order valence-electron chi connectivity index (χ3n) is 6.20. The van der Waals surface area contributed by atoms with E-state index in [-0.39, 0.29) is 14.3 Å². The number of hydrogen-bond donors (Lipinski definition) is 2. The Morgan fingerprint density at radius 1 is 1.29 bits per heavy atom. The van der Waals surface area contributed by atoms with E-state index in [4.69, 9.17) is 9.15 Å². The number of nitrogens with zero attached hydrogens (tertiary/aromatic N) is 2. The molecule has 1 saturated heterocycles. The van der Waals surface area contributed by atoms with Crippen molar-refractivity contribution in [1.29, 1.82) is 0 Å². The lowest BCUT2D eigenvalue weighted by Gasteiger charge is -2.37. The van der Waals surface area contributed by atoms with E-state index in [1.165, 1.54) is 12.8 Å². The molecule has 7 nitrogen and oxygen atoms in total. The van der Waals surface area contributed by atoms with E-state index in [9.17, 15) is 4.79 Å². The zero-order valence-electron chi connectivity index (χ0n) is 17.8. The number of methoxy groups -OCH3 is 1. The van der Waals surface area contributed by atoms with Crippen LogP contribution in [0.15, 0.2) is 58.6 Å². The Morgan fingerprint density at radius 2 is 2.13 bits per heavy atom. The van der Waals surface area contributed by atoms with Crippen molar-refractivity contribution in [2.45, 2.75) is 31.7 Å². The zero-order valence-corrected chi connectivity index (χ0v) is 17.8. The Labute approximate surface area is 183 Å². The number of likely N-dealkylation sites (tertiary alicyclic amines) is 1. The molecule has 31 heavy (non-hydrogen) atoms. The van der Waals surface area contributed by atoms with Gasteiger partial charge in [-0.25, -0.2) is 4.98 Å². The van der Waals surface area contributed by atoms with Gasteiger partial charge in [0.15, 0.2) is 11.6 Å². The van der Waals surface area contributed by atoms with Crippen LogP contribution in [0.3, 0.4) is 0 Å². The third-order valence-corrected chi connectivity index (χ3v) is 6.20. The summed E-state index contributed by atoms with van der Waals surface area (Å²) in [5, 5.41) is 3.00. The minimum absolute atomic E-state index is 0. The average molecular weight is 423 g/mol. The van der Waals surface area contributed by atoms with Gasteiger partial charge in [0.25, 0.3) is 11.9 Å². The van der Waals surface area contributed by atoms with E-state index in [1.54, 1.807) is 19.2 Å². The van der Waals surface area contributed by atoms with Crippen molar-refractivity contribution in [3.63, 3.8) is 0 Å². The fourth-order valence-electron chi connectivity index (χ4n) is 4.32. The largest absolute Gasteiger partial charge is 0.468 e. The number of anilines is 1. The van der Waals surface area contributed by atoms with Gasteiger partial charge in [-0.2, -0.15) is 0 Å². The van der Waals surface area contributed by atoms with Crippen LogP contribution in [0.4, 0.5) is 5.69 Å². The molecule has 1 aromatic carbocycles. The Balaban J connectivity index is 0.00000153. The highest BCUT2D eigenvalue weighted by atomic mass is 16.6. The molecule has 1 unspecified atom stereocenters. The number of aromatic nitrogens is 2. The molecule has 164 valence electrons. The second-order valence-electron chi connectivity index (χ2n) is 8.34. The smallest absolute Gasteiger partial charge is 0.284 e. The first-order valence-electron chi connectivity index (χ1n) is 10.6. The molecule has 3 aromatic rings. The molecule has 1 amide bonds. The highest BCUT2D eigenvalue weighted by Gasteiger charge is 2.32. The van der Waals surface area contributed by atoms with E-state index in [1.807, 2.05) is 30.4 Å². The van der Waals surface area contributed by atoms with E-state index in [0.29, 0.717) is 28.8 Å². The lowest BCUT2D eigenvalue weighted by Crippen LogP contribution is -2.43. The summed E-state index contributed by atoms with van der Waals surface area (Å²) in [5.41, 5.74) is 3.04. The van der Waals surface area contributed by atoms with Crippen LogP contribution < -0.4 is 10.1 Å². The number of ether oxygens (including phenoxy) is 1. The fraction of sp³-hybridized carbons (Fsp3) is 0.333. The van der Waals surface area contributed by atoms with Crippen molar-refractivity contribution < 1.29 is 16.8 Å². The van der Waals surface area contributed by atoms with Gasteiger partial charge < -0.3 is 19.5 Å². The maximum atomic E-state index is 12.8. The molecule has 2 aliphatic rings. The molecule has 5 rings (SSSR count).